The summed E-state index contributed by atoms with van der Waals surface area (Å²) < 4.78 is 66.8. The van der Waals surface area contributed by atoms with Gasteiger partial charge < -0.3 is 5.73 Å². The zero-order valence-electron chi connectivity index (χ0n) is 13.9. The van der Waals surface area contributed by atoms with Crippen molar-refractivity contribution in [1.82, 2.24) is 9.55 Å². The molecule has 150 valence electrons. The molecule has 0 radical (unpaired) electrons. The summed E-state index contributed by atoms with van der Waals surface area (Å²) >= 11 is 11.7. The SMILES string of the molecule is C=C/C(=C\C(Cl)=C(/N)n1cncc1S(=O)(=O)Nc1cccc(Cl)c1)C(F)(F)F. The van der Waals surface area contributed by atoms with Gasteiger partial charge in [-0.1, -0.05) is 41.9 Å². The van der Waals surface area contributed by atoms with Gasteiger partial charge in [0.15, 0.2) is 5.03 Å². The van der Waals surface area contributed by atoms with Crippen LogP contribution in [0.2, 0.25) is 5.02 Å². The van der Waals surface area contributed by atoms with Gasteiger partial charge in [-0.25, -0.2) is 4.98 Å². The van der Waals surface area contributed by atoms with Crippen LogP contribution < -0.4 is 10.5 Å². The van der Waals surface area contributed by atoms with Crippen molar-refractivity contribution in [3.05, 3.63) is 71.1 Å². The molecule has 28 heavy (non-hydrogen) atoms. The number of hydrogen-bond acceptors (Lipinski definition) is 4. The fourth-order valence-corrected chi connectivity index (χ4v) is 3.55. The fourth-order valence-electron chi connectivity index (χ4n) is 2.00. The zero-order valence-corrected chi connectivity index (χ0v) is 16.2. The molecule has 0 fully saturated rings. The average molecular weight is 453 g/mol. The Balaban J connectivity index is 2.46. The molecule has 1 heterocycles. The molecule has 6 nitrogen and oxygen atoms in total. The molecule has 0 saturated carbocycles. The number of alkyl halides is 3. The Hall–Kier alpha value is -2.43. The van der Waals surface area contributed by atoms with Crippen LogP contribution in [0.1, 0.15) is 0 Å². The van der Waals surface area contributed by atoms with Crippen molar-refractivity contribution in [3.63, 3.8) is 0 Å². The lowest BCUT2D eigenvalue weighted by Crippen LogP contribution is -2.19. The monoisotopic (exact) mass is 452 g/mol. The number of nitrogens with one attached hydrogen (secondary N) is 1. The first-order chi connectivity index (χ1) is 13.0. The summed E-state index contributed by atoms with van der Waals surface area (Å²) in [4.78, 5) is 3.68. The van der Waals surface area contributed by atoms with E-state index in [0.717, 1.165) is 17.1 Å². The van der Waals surface area contributed by atoms with E-state index >= 15 is 0 Å². The van der Waals surface area contributed by atoms with Crippen molar-refractivity contribution in [2.24, 2.45) is 5.73 Å². The number of nitrogens with two attached hydrogens (primary N) is 1. The number of allylic oxidation sites excluding steroid dienone is 4. The highest BCUT2D eigenvalue weighted by atomic mass is 35.5. The second-order valence-electron chi connectivity index (χ2n) is 5.25. The summed E-state index contributed by atoms with van der Waals surface area (Å²) in [5.41, 5.74) is 4.77. The van der Waals surface area contributed by atoms with E-state index in [0.29, 0.717) is 17.2 Å². The third-order valence-corrected chi connectivity index (χ3v) is 5.19. The summed E-state index contributed by atoms with van der Waals surface area (Å²) in [6.07, 6.45) is -1.65. The molecule has 0 unspecified atom stereocenters. The highest BCUT2D eigenvalue weighted by Crippen LogP contribution is 2.29. The average Bonchev–Trinajstić information content (AvgIpc) is 3.08. The van der Waals surface area contributed by atoms with Crippen molar-refractivity contribution in [2.45, 2.75) is 11.2 Å². The lowest BCUT2D eigenvalue weighted by molar-refractivity contribution is -0.0881. The second kappa shape index (κ2) is 8.29. The number of rotatable bonds is 6. The van der Waals surface area contributed by atoms with Crippen LogP contribution in [0.5, 0.6) is 0 Å². The first kappa shape index (κ1) is 21.9. The molecule has 0 atom stereocenters. The van der Waals surface area contributed by atoms with E-state index in [9.17, 15) is 21.6 Å². The molecule has 0 amide bonds. The van der Waals surface area contributed by atoms with Gasteiger partial charge in [0, 0.05) is 5.02 Å². The maximum absolute atomic E-state index is 12.8. The van der Waals surface area contributed by atoms with Crippen molar-refractivity contribution < 1.29 is 21.6 Å². The lowest BCUT2D eigenvalue weighted by atomic mass is 10.2. The molecule has 3 N–H and O–H groups in total. The third-order valence-electron chi connectivity index (χ3n) is 3.29. The number of benzene rings is 1. The van der Waals surface area contributed by atoms with Crippen LogP contribution in [0.15, 0.2) is 71.2 Å². The number of imidazole rings is 1. The molecule has 0 aliphatic carbocycles. The Morgan fingerprint density at radius 2 is 2.04 bits per heavy atom. The Labute approximate surface area is 168 Å². The molecule has 1 aromatic carbocycles. The first-order valence-corrected chi connectivity index (χ1v) is 9.57. The molecule has 0 aliphatic rings. The largest absolute Gasteiger partial charge is 0.416 e. The van der Waals surface area contributed by atoms with Crippen molar-refractivity contribution in [1.29, 1.82) is 0 Å². The molecule has 1 aromatic heterocycles. The highest BCUT2D eigenvalue weighted by Gasteiger charge is 2.31. The van der Waals surface area contributed by atoms with Gasteiger partial charge in [0.1, 0.15) is 12.1 Å². The smallest absolute Gasteiger partial charge is 0.384 e. The van der Waals surface area contributed by atoms with Gasteiger partial charge in [-0.2, -0.15) is 21.6 Å². The van der Waals surface area contributed by atoms with Crippen LogP contribution in [0.4, 0.5) is 18.9 Å². The van der Waals surface area contributed by atoms with Gasteiger partial charge >= 0.3 is 6.18 Å². The minimum atomic E-state index is -4.71. The standard InChI is InChI=1S/C16H13Cl2F3N4O2S/c1-2-10(16(19,20)21)6-13(18)15(22)25-9-23-8-14(25)28(26,27)24-12-5-3-4-11(17)7-12/h2-9,24H,1,22H2/b10-6+,15-13-. The Kier molecular flexibility index (Phi) is 6.48. The second-order valence-corrected chi connectivity index (χ2v) is 7.73. The number of sulfonamides is 1. The van der Waals surface area contributed by atoms with Crippen molar-refractivity contribution >= 4 is 44.7 Å². The van der Waals surface area contributed by atoms with Crippen molar-refractivity contribution in [3.8, 4) is 0 Å². The molecule has 0 aliphatic heterocycles. The summed E-state index contributed by atoms with van der Waals surface area (Å²) in [6.45, 7) is 3.07. The van der Waals surface area contributed by atoms with E-state index in [1.807, 2.05) is 0 Å². The van der Waals surface area contributed by atoms with Gasteiger partial charge in [0.05, 0.1) is 22.5 Å². The minimum Gasteiger partial charge on any atom is -0.384 e. The van der Waals surface area contributed by atoms with E-state index < -0.39 is 37.7 Å². The normalized spacial score (nSPS) is 13.8. The predicted octanol–water partition coefficient (Wildman–Crippen LogP) is 4.34. The number of aromatic nitrogens is 2. The van der Waals surface area contributed by atoms with E-state index in [-0.39, 0.29) is 5.69 Å². The fraction of sp³-hybridized carbons (Fsp3) is 0.0625. The summed E-state index contributed by atoms with van der Waals surface area (Å²) in [5, 5.41) is -0.696. The van der Waals surface area contributed by atoms with Crippen LogP contribution in [0, 0.1) is 0 Å². The van der Waals surface area contributed by atoms with Gasteiger partial charge in [-0.05, 0) is 24.3 Å². The number of anilines is 1. The van der Waals surface area contributed by atoms with E-state index in [2.05, 4.69) is 16.3 Å². The van der Waals surface area contributed by atoms with Gasteiger partial charge in [0.2, 0.25) is 0 Å². The molecule has 2 rings (SSSR count). The number of halogens is 5. The summed E-state index contributed by atoms with van der Waals surface area (Å²) in [5.74, 6) is -0.478. The quantitative estimate of drug-likeness (QED) is 0.637. The van der Waals surface area contributed by atoms with Crippen molar-refractivity contribution in [2.75, 3.05) is 4.72 Å². The first-order valence-electron chi connectivity index (χ1n) is 7.33. The predicted molar refractivity (Wildman–Crippen MR) is 102 cm³/mol. The molecule has 0 spiro atoms. The maximum atomic E-state index is 12.8. The molecular formula is C16H13Cl2F3N4O2S. The number of nitrogens with zero attached hydrogens (tertiary/aromatic N) is 2. The van der Waals surface area contributed by atoms with E-state index in [1.165, 1.54) is 18.2 Å². The van der Waals surface area contributed by atoms with Gasteiger partial charge in [0.25, 0.3) is 10.0 Å². The Morgan fingerprint density at radius 1 is 1.36 bits per heavy atom. The van der Waals surface area contributed by atoms with E-state index in [1.54, 1.807) is 6.07 Å². The number of hydrogen-bond donors (Lipinski definition) is 2. The van der Waals surface area contributed by atoms with Crippen LogP contribution >= 0.6 is 23.2 Å². The lowest BCUT2D eigenvalue weighted by Gasteiger charge is -2.12. The minimum absolute atomic E-state index is 0.166. The van der Waals surface area contributed by atoms with Crippen LogP contribution in [0.25, 0.3) is 5.82 Å². The van der Waals surface area contributed by atoms with Crippen LogP contribution in [-0.2, 0) is 10.0 Å². The van der Waals surface area contributed by atoms with Crippen LogP contribution in [-0.4, -0.2) is 24.1 Å². The zero-order chi connectivity index (χ0) is 21.1. The third kappa shape index (κ3) is 5.09. The van der Waals surface area contributed by atoms with E-state index in [4.69, 9.17) is 28.9 Å². The van der Waals surface area contributed by atoms with Crippen LogP contribution in [0.3, 0.4) is 0 Å². The molecular weight excluding hydrogens is 440 g/mol. The molecule has 2 aromatic rings. The maximum Gasteiger partial charge on any atom is 0.416 e. The van der Waals surface area contributed by atoms with Gasteiger partial charge in [-0.15, -0.1) is 0 Å². The molecule has 0 saturated heterocycles. The Morgan fingerprint density at radius 3 is 2.61 bits per heavy atom. The molecule has 0 bridgehead atoms. The Bertz CT molecular complexity index is 1060. The summed E-state index contributed by atoms with van der Waals surface area (Å²) in [6, 6.07) is 5.91. The van der Waals surface area contributed by atoms with Gasteiger partial charge in [-0.3, -0.25) is 9.29 Å². The topological polar surface area (TPSA) is 90.0 Å². The summed E-state index contributed by atoms with van der Waals surface area (Å²) in [7, 11) is -4.20. The highest BCUT2D eigenvalue weighted by molar-refractivity contribution is 7.92. The molecule has 12 heteroatoms.